The maximum atomic E-state index is 5.53. The van der Waals surface area contributed by atoms with E-state index in [0.717, 1.165) is 11.5 Å². The molecule has 1 heterocycles. The molecule has 0 saturated heterocycles. The minimum Gasteiger partial charge on any atom is -0.357 e. The first kappa shape index (κ1) is 8.51. The molecule has 1 aromatic heterocycles. The summed E-state index contributed by atoms with van der Waals surface area (Å²) >= 11 is 0. The number of aromatic nitrogens is 1. The van der Waals surface area contributed by atoms with E-state index in [1.165, 1.54) is 12.8 Å². The molecule has 1 saturated carbocycles. The van der Waals surface area contributed by atoms with Crippen molar-refractivity contribution in [2.45, 2.75) is 25.4 Å². The molecular weight excluding hydrogens is 162 g/mol. The van der Waals surface area contributed by atoms with Gasteiger partial charge in [0.1, 0.15) is 5.82 Å². The molecule has 13 heavy (non-hydrogen) atoms. The Kier molecular flexibility index (Phi) is 2.19. The second-order valence-electron chi connectivity index (χ2n) is 3.53. The van der Waals surface area contributed by atoms with Gasteiger partial charge in [0.2, 0.25) is 0 Å². The van der Waals surface area contributed by atoms with Gasteiger partial charge >= 0.3 is 0 Å². The average molecular weight is 177 g/mol. The van der Waals surface area contributed by atoms with Gasteiger partial charge in [0, 0.05) is 19.6 Å². The molecule has 0 amide bonds. The van der Waals surface area contributed by atoms with Gasteiger partial charge in [0.25, 0.3) is 0 Å². The molecule has 1 aliphatic rings. The van der Waals surface area contributed by atoms with Crippen molar-refractivity contribution in [1.29, 1.82) is 0 Å². The Balaban J connectivity index is 2.18. The summed E-state index contributed by atoms with van der Waals surface area (Å²) in [6.45, 7) is 0.520. The Hall–Kier alpha value is -1.09. The number of rotatable bonds is 3. The maximum absolute atomic E-state index is 5.53. The summed E-state index contributed by atoms with van der Waals surface area (Å²) in [7, 11) is 2.10. The third kappa shape index (κ3) is 1.80. The van der Waals surface area contributed by atoms with E-state index in [9.17, 15) is 0 Å². The molecule has 2 rings (SSSR count). The molecule has 0 aromatic carbocycles. The zero-order valence-electron chi connectivity index (χ0n) is 7.90. The second kappa shape index (κ2) is 3.34. The Morgan fingerprint density at radius 3 is 2.92 bits per heavy atom. The lowest BCUT2D eigenvalue weighted by Gasteiger charge is -2.17. The van der Waals surface area contributed by atoms with E-state index >= 15 is 0 Å². The number of hydrogen-bond donors (Lipinski definition) is 1. The number of nitrogens with zero attached hydrogens (tertiary/aromatic N) is 2. The molecule has 2 N–H and O–H groups in total. The van der Waals surface area contributed by atoms with Crippen molar-refractivity contribution in [2.24, 2.45) is 5.73 Å². The van der Waals surface area contributed by atoms with E-state index in [2.05, 4.69) is 16.9 Å². The van der Waals surface area contributed by atoms with Crippen LogP contribution in [0.3, 0.4) is 0 Å². The molecule has 70 valence electrons. The SMILES string of the molecule is CN(c1cccc(CN)n1)C1CC1. The number of pyridine rings is 1. The standard InChI is InChI=1S/C10H15N3/c1-13(9-5-6-9)10-4-2-3-8(7-11)12-10/h2-4,9H,5-7,11H2,1H3. The van der Waals surface area contributed by atoms with Gasteiger partial charge in [-0.1, -0.05) is 6.07 Å². The number of hydrogen-bond acceptors (Lipinski definition) is 3. The van der Waals surface area contributed by atoms with Gasteiger partial charge < -0.3 is 10.6 Å². The van der Waals surface area contributed by atoms with Crippen LogP contribution < -0.4 is 10.6 Å². The molecule has 0 atom stereocenters. The van der Waals surface area contributed by atoms with E-state index in [4.69, 9.17) is 5.73 Å². The third-order valence-electron chi connectivity index (χ3n) is 2.46. The van der Waals surface area contributed by atoms with Gasteiger partial charge in [-0.05, 0) is 25.0 Å². The van der Waals surface area contributed by atoms with E-state index in [0.29, 0.717) is 12.6 Å². The van der Waals surface area contributed by atoms with E-state index in [-0.39, 0.29) is 0 Å². The quantitative estimate of drug-likeness (QED) is 0.752. The van der Waals surface area contributed by atoms with Gasteiger partial charge in [-0.15, -0.1) is 0 Å². The average Bonchev–Trinajstić information content (AvgIpc) is 3.00. The zero-order valence-corrected chi connectivity index (χ0v) is 7.90. The summed E-state index contributed by atoms with van der Waals surface area (Å²) in [4.78, 5) is 6.69. The highest BCUT2D eigenvalue weighted by Gasteiger charge is 2.26. The van der Waals surface area contributed by atoms with Gasteiger partial charge in [0.15, 0.2) is 0 Å². The maximum Gasteiger partial charge on any atom is 0.128 e. The fourth-order valence-corrected chi connectivity index (χ4v) is 1.43. The van der Waals surface area contributed by atoms with E-state index < -0.39 is 0 Å². The van der Waals surface area contributed by atoms with Crippen molar-refractivity contribution in [3.05, 3.63) is 23.9 Å². The van der Waals surface area contributed by atoms with Crippen LogP contribution in [0.1, 0.15) is 18.5 Å². The summed E-state index contributed by atoms with van der Waals surface area (Å²) in [5, 5.41) is 0. The van der Waals surface area contributed by atoms with Crippen molar-refractivity contribution in [2.75, 3.05) is 11.9 Å². The van der Waals surface area contributed by atoms with Crippen LogP contribution >= 0.6 is 0 Å². The van der Waals surface area contributed by atoms with Crippen LogP contribution in [0.15, 0.2) is 18.2 Å². The molecular formula is C10H15N3. The van der Waals surface area contributed by atoms with Crippen LogP contribution in [0.2, 0.25) is 0 Å². The first-order chi connectivity index (χ1) is 6.31. The molecule has 0 unspecified atom stereocenters. The largest absolute Gasteiger partial charge is 0.357 e. The molecule has 0 aliphatic heterocycles. The summed E-state index contributed by atoms with van der Waals surface area (Å²) < 4.78 is 0. The third-order valence-corrected chi connectivity index (χ3v) is 2.46. The lowest BCUT2D eigenvalue weighted by Crippen LogP contribution is -2.21. The Morgan fingerprint density at radius 1 is 1.54 bits per heavy atom. The normalized spacial score (nSPS) is 15.8. The molecule has 1 aromatic rings. The molecule has 3 nitrogen and oxygen atoms in total. The lowest BCUT2D eigenvalue weighted by atomic mass is 10.3. The van der Waals surface area contributed by atoms with Crippen LogP contribution in [0.5, 0.6) is 0 Å². The van der Waals surface area contributed by atoms with Gasteiger partial charge in [0.05, 0.1) is 5.69 Å². The Morgan fingerprint density at radius 2 is 2.31 bits per heavy atom. The topological polar surface area (TPSA) is 42.1 Å². The van der Waals surface area contributed by atoms with Crippen LogP contribution in [-0.2, 0) is 6.54 Å². The van der Waals surface area contributed by atoms with Crippen molar-refractivity contribution in [3.63, 3.8) is 0 Å². The van der Waals surface area contributed by atoms with Crippen LogP contribution in [0.4, 0.5) is 5.82 Å². The number of anilines is 1. The number of nitrogens with two attached hydrogens (primary N) is 1. The van der Waals surface area contributed by atoms with E-state index in [1.807, 2.05) is 18.2 Å². The van der Waals surface area contributed by atoms with E-state index in [1.54, 1.807) is 0 Å². The molecule has 0 bridgehead atoms. The van der Waals surface area contributed by atoms with Crippen molar-refractivity contribution in [1.82, 2.24) is 4.98 Å². The fraction of sp³-hybridized carbons (Fsp3) is 0.500. The van der Waals surface area contributed by atoms with Crippen molar-refractivity contribution >= 4 is 5.82 Å². The summed E-state index contributed by atoms with van der Waals surface area (Å²) in [6, 6.07) is 6.73. The monoisotopic (exact) mass is 177 g/mol. The van der Waals surface area contributed by atoms with Crippen molar-refractivity contribution in [3.8, 4) is 0 Å². The molecule has 0 spiro atoms. The molecule has 0 radical (unpaired) electrons. The van der Waals surface area contributed by atoms with Crippen LogP contribution in [0.25, 0.3) is 0 Å². The lowest BCUT2D eigenvalue weighted by molar-refractivity contribution is 0.873. The summed E-state index contributed by atoms with van der Waals surface area (Å²) in [5.74, 6) is 1.05. The van der Waals surface area contributed by atoms with Crippen molar-refractivity contribution < 1.29 is 0 Å². The molecule has 1 aliphatic carbocycles. The highest BCUT2D eigenvalue weighted by Crippen LogP contribution is 2.28. The predicted octanol–water partition coefficient (Wildman–Crippen LogP) is 1.14. The first-order valence-electron chi connectivity index (χ1n) is 4.70. The van der Waals surface area contributed by atoms with Crippen LogP contribution in [-0.4, -0.2) is 18.1 Å². The van der Waals surface area contributed by atoms with Gasteiger partial charge in [-0.2, -0.15) is 0 Å². The molecule has 1 fully saturated rings. The summed E-state index contributed by atoms with van der Waals surface area (Å²) in [6.07, 6.45) is 2.59. The zero-order chi connectivity index (χ0) is 9.26. The molecule has 3 heteroatoms. The second-order valence-corrected chi connectivity index (χ2v) is 3.53. The van der Waals surface area contributed by atoms with Gasteiger partial charge in [-0.25, -0.2) is 4.98 Å². The highest BCUT2D eigenvalue weighted by atomic mass is 15.2. The fourth-order valence-electron chi connectivity index (χ4n) is 1.43. The van der Waals surface area contributed by atoms with Crippen LogP contribution in [0, 0.1) is 0 Å². The predicted molar refractivity (Wildman–Crippen MR) is 53.6 cm³/mol. The van der Waals surface area contributed by atoms with Gasteiger partial charge in [-0.3, -0.25) is 0 Å². The minimum atomic E-state index is 0.520. The summed E-state index contributed by atoms with van der Waals surface area (Å²) in [5.41, 5.74) is 6.49. The Bertz CT molecular complexity index is 294. The Labute approximate surface area is 78.6 Å². The first-order valence-corrected chi connectivity index (χ1v) is 4.70. The highest BCUT2D eigenvalue weighted by molar-refractivity contribution is 5.40. The smallest absolute Gasteiger partial charge is 0.128 e. The minimum absolute atomic E-state index is 0.520.